The smallest absolute Gasteiger partial charge is 0.215 e. The molecule has 0 atom stereocenters. The highest BCUT2D eigenvalue weighted by Crippen LogP contribution is 1.53. The lowest BCUT2D eigenvalue weighted by Gasteiger charge is -2.01. The van der Waals surface area contributed by atoms with E-state index >= 15 is 0 Å². The zero-order valence-electron chi connectivity index (χ0n) is 6.40. The Hall–Kier alpha value is -0.0301. The highest BCUT2D eigenvalue weighted by atomic mass is 14.8. The Morgan fingerprint density at radius 2 is 1.30 bits per heavy atom. The average molecular weight is 142 g/mol. The standard InChI is InChI=1S/C4H16B2N4/c7-3-5-9-1-2-10-6-4-8/h5-6,9-10H,1-4,7-8H2. The number of nitrogens with two attached hydrogens (primary N) is 2. The summed E-state index contributed by atoms with van der Waals surface area (Å²) in [7, 11) is 1.79. The van der Waals surface area contributed by atoms with E-state index in [2.05, 4.69) is 10.5 Å². The molecule has 0 fully saturated rings. The van der Waals surface area contributed by atoms with Gasteiger partial charge < -0.3 is 21.9 Å². The predicted octanol–water partition coefficient (Wildman–Crippen LogP) is -3.30. The molecule has 0 spiro atoms. The Kier molecular flexibility index (Phi) is 8.94. The monoisotopic (exact) mass is 142 g/mol. The van der Waals surface area contributed by atoms with E-state index < -0.39 is 0 Å². The maximum atomic E-state index is 5.27. The second-order valence-electron chi connectivity index (χ2n) is 2.08. The summed E-state index contributed by atoms with van der Waals surface area (Å²) in [6, 6.07) is 0. The Balaban J connectivity index is 2.65. The van der Waals surface area contributed by atoms with E-state index in [0.717, 1.165) is 27.9 Å². The summed E-state index contributed by atoms with van der Waals surface area (Å²) < 4.78 is 0. The Labute approximate surface area is 63.6 Å². The molecule has 0 aliphatic heterocycles. The van der Waals surface area contributed by atoms with Crippen molar-refractivity contribution >= 4 is 14.8 Å². The molecule has 4 nitrogen and oxygen atoms in total. The van der Waals surface area contributed by atoms with Crippen LogP contribution in [0.25, 0.3) is 0 Å². The van der Waals surface area contributed by atoms with Gasteiger partial charge in [0, 0.05) is 0 Å². The molecule has 0 unspecified atom stereocenters. The van der Waals surface area contributed by atoms with Crippen LogP contribution < -0.4 is 21.9 Å². The third-order valence-electron chi connectivity index (χ3n) is 1.12. The van der Waals surface area contributed by atoms with Crippen LogP contribution in [0.3, 0.4) is 0 Å². The molecule has 0 aromatic rings. The average Bonchev–Trinajstić information content (AvgIpc) is 1.97. The van der Waals surface area contributed by atoms with Crippen molar-refractivity contribution in [1.82, 2.24) is 10.5 Å². The Bertz CT molecular complexity index is 55.2. The topological polar surface area (TPSA) is 76.1 Å². The highest BCUT2D eigenvalue weighted by molar-refractivity contribution is 6.32. The minimum atomic E-state index is 0.705. The van der Waals surface area contributed by atoms with Gasteiger partial charge in [-0.1, -0.05) is 0 Å². The van der Waals surface area contributed by atoms with E-state index in [-0.39, 0.29) is 0 Å². The summed E-state index contributed by atoms with van der Waals surface area (Å²) in [6.07, 6.45) is 1.41. The normalized spacial score (nSPS) is 9.40. The number of rotatable bonds is 7. The molecule has 0 saturated heterocycles. The lowest BCUT2D eigenvalue weighted by Crippen LogP contribution is -2.36. The van der Waals surface area contributed by atoms with Crippen molar-refractivity contribution in [1.29, 1.82) is 0 Å². The van der Waals surface area contributed by atoms with Gasteiger partial charge in [0.25, 0.3) is 0 Å². The highest BCUT2D eigenvalue weighted by Gasteiger charge is 1.87. The number of hydrogen-bond donors (Lipinski definition) is 4. The van der Waals surface area contributed by atoms with Gasteiger partial charge in [-0.3, -0.25) is 0 Å². The van der Waals surface area contributed by atoms with Gasteiger partial charge in [0.15, 0.2) is 0 Å². The van der Waals surface area contributed by atoms with Crippen LogP contribution in [0.1, 0.15) is 0 Å². The second-order valence-corrected chi connectivity index (χ2v) is 2.08. The molecule has 0 amide bonds. The Morgan fingerprint density at radius 3 is 1.60 bits per heavy atom. The molecule has 0 aliphatic rings. The molecule has 0 aromatic carbocycles. The molecule has 0 aliphatic carbocycles. The fourth-order valence-corrected chi connectivity index (χ4v) is 0.631. The fourth-order valence-electron chi connectivity index (χ4n) is 0.631. The van der Waals surface area contributed by atoms with Crippen LogP contribution in [-0.4, -0.2) is 40.8 Å². The van der Waals surface area contributed by atoms with Crippen molar-refractivity contribution in [2.24, 2.45) is 11.5 Å². The van der Waals surface area contributed by atoms with Crippen molar-refractivity contribution in [2.45, 2.75) is 0 Å². The molecule has 6 N–H and O–H groups in total. The van der Waals surface area contributed by atoms with Crippen LogP contribution in [0.4, 0.5) is 0 Å². The quantitative estimate of drug-likeness (QED) is 0.222. The van der Waals surface area contributed by atoms with Gasteiger partial charge >= 0.3 is 0 Å². The minimum Gasteiger partial charge on any atom is -0.357 e. The van der Waals surface area contributed by atoms with Crippen molar-refractivity contribution < 1.29 is 0 Å². The summed E-state index contributed by atoms with van der Waals surface area (Å²) in [5.41, 5.74) is 10.5. The zero-order chi connectivity index (χ0) is 7.66. The van der Waals surface area contributed by atoms with Crippen LogP contribution in [0.15, 0.2) is 0 Å². The van der Waals surface area contributed by atoms with Crippen molar-refractivity contribution in [3.63, 3.8) is 0 Å². The molecule has 0 bridgehead atoms. The van der Waals surface area contributed by atoms with Crippen LogP contribution in [0.2, 0.25) is 0 Å². The first-order valence-electron chi connectivity index (χ1n) is 3.73. The van der Waals surface area contributed by atoms with Crippen LogP contribution in [0, 0.1) is 0 Å². The SMILES string of the molecule is NCBNCCNBCN. The van der Waals surface area contributed by atoms with Crippen molar-refractivity contribution in [2.75, 3.05) is 26.0 Å². The van der Waals surface area contributed by atoms with E-state index in [1.165, 1.54) is 0 Å². The third kappa shape index (κ3) is 7.97. The lowest BCUT2D eigenvalue weighted by atomic mass is 9.94. The van der Waals surface area contributed by atoms with E-state index in [9.17, 15) is 0 Å². The zero-order valence-corrected chi connectivity index (χ0v) is 6.40. The fraction of sp³-hybridized carbons (Fsp3) is 1.00. The van der Waals surface area contributed by atoms with Crippen LogP contribution in [-0.2, 0) is 0 Å². The molecular formula is C4H16B2N4. The van der Waals surface area contributed by atoms with Gasteiger partial charge in [-0.25, -0.2) is 0 Å². The number of hydrogen-bond acceptors (Lipinski definition) is 4. The molecule has 0 heterocycles. The molecule has 0 saturated carbocycles. The number of nitrogens with one attached hydrogen (secondary N) is 2. The van der Waals surface area contributed by atoms with Gasteiger partial charge in [-0.15, -0.1) is 0 Å². The summed E-state index contributed by atoms with van der Waals surface area (Å²) in [5.74, 6) is 0. The second kappa shape index (κ2) is 8.97. The van der Waals surface area contributed by atoms with Crippen LogP contribution >= 0.6 is 0 Å². The molecular weight excluding hydrogens is 126 g/mol. The van der Waals surface area contributed by atoms with E-state index in [1.807, 2.05) is 0 Å². The predicted molar refractivity (Wildman–Crippen MR) is 48.4 cm³/mol. The molecule has 0 aromatic heterocycles. The molecule has 10 heavy (non-hydrogen) atoms. The van der Waals surface area contributed by atoms with Gasteiger partial charge in [-0.2, -0.15) is 0 Å². The first kappa shape index (κ1) is 9.97. The first-order valence-corrected chi connectivity index (χ1v) is 3.73. The van der Waals surface area contributed by atoms with Gasteiger partial charge in [0.1, 0.15) is 0 Å². The van der Waals surface area contributed by atoms with Gasteiger partial charge in [0.2, 0.25) is 14.8 Å². The maximum absolute atomic E-state index is 5.27. The summed E-state index contributed by atoms with van der Waals surface area (Å²) >= 11 is 0. The van der Waals surface area contributed by atoms with Crippen molar-refractivity contribution in [3.8, 4) is 0 Å². The first-order chi connectivity index (χ1) is 4.91. The Morgan fingerprint density at radius 1 is 0.900 bits per heavy atom. The molecule has 58 valence electrons. The van der Waals surface area contributed by atoms with E-state index in [0.29, 0.717) is 12.9 Å². The lowest BCUT2D eigenvalue weighted by molar-refractivity contribution is 0.838. The summed E-state index contributed by atoms with van der Waals surface area (Å²) in [6.45, 7) is 1.94. The summed E-state index contributed by atoms with van der Waals surface area (Å²) in [4.78, 5) is 0. The minimum absolute atomic E-state index is 0.705. The van der Waals surface area contributed by atoms with Crippen molar-refractivity contribution in [3.05, 3.63) is 0 Å². The van der Waals surface area contributed by atoms with Gasteiger partial charge in [-0.05, 0) is 26.0 Å². The van der Waals surface area contributed by atoms with Gasteiger partial charge in [0.05, 0.1) is 0 Å². The summed E-state index contributed by atoms with van der Waals surface area (Å²) in [5, 5.41) is 6.33. The van der Waals surface area contributed by atoms with Crippen LogP contribution in [0.5, 0.6) is 0 Å². The third-order valence-corrected chi connectivity index (χ3v) is 1.12. The van der Waals surface area contributed by atoms with E-state index in [4.69, 9.17) is 11.5 Å². The van der Waals surface area contributed by atoms with E-state index in [1.54, 1.807) is 0 Å². The maximum Gasteiger partial charge on any atom is 0.215 e. The molecule has 0 radical (unpaired) electrons. The largest absolute Gasteiger partial charge is 0.357 e. The molecule has 0 rings (SSSR count). The molecule has 6 heteroatoms.